The molecule has 0 aromatic heterocycles. The van der Waals surface area contributed by atoms with E-state index in [0.29, 0.717) is 5.56 Å². The van der Waals surface area contributed by atoms with Crippen LogP contribution in [0.1, 0.15) is 32.4 Å². The molecule has 0 fully saturated rings. The van der Waals surface area contributed by atoms with E-state index in [1.54, 1.807) is 20.8 Å². The fraction of sp³-hybridized carbons (Fsp3) is 0.571. The Labute approximate surface area is 116 Å². The van der Waals surface area contributed by atoms with Crippen LogP contribution in [0.3, 0.4) is 0 Å². The van der Waals surface area contributed by atoms with Crippen molar-refractivity contribution in [2.24, 2.45) is 5.73 Å². The molecular formula is C14H20F4N2. The fourth-order valence-corrected chi connectivity index (χ4v) is 2.27. The summed E-state index contributed by atoms with van der Waals surface area (Å²) in [6.07, 6.45) is -4.31. The average Bonchev–Trinajstić information content (AvgIpc) is 2.28. The number of rotatable bonds is 5. The fourth-order valence-electron chi connectivity index (χ4n) is 2.27. The lowest BCUT2D eigenvalue weighted by molar-refractivity contribution is -0.156. The first-order chi connectivity index (χ1) is 9.11. The molecule has 0 amide bonds. The highest BCUT2D eigenvalue weighted by molar-refractivity contribution is 5.21. The SMILES string of the molecule is CC(N)C(c1ccc(F)cc1)N(CC(F)(F)F)C(C)C. The second-order valence-electron chi connectivity index (χ2n) is 5.24. The largest absolute Gasteiger partial charge is 0.401 e. The monoisotopic (exact) mass is 292 g/mol. The lowest BCUT2D eigenvalue weighted by Crippen LogP contribution is -2.47. The quantitative estimate of drug-likeness (QED) is 0.842. The first-order valence-corrected chi connectivity index (χ1v) is 6.45. The highest BCUT2D eigenvalue weighted by Crippen LogP contribution is 2.29. The summed E-state index contributed by atoms with van der Waals surface area (Å²) in [5.74, 6) is -0.427. The third kappa shape index (κ3) is 4.76. The zero-order valence-corrected chi connectivity index (χ0v) is 11.8. The highest BCUT2D eigenvalue weighted by atomic mass is 19.4. The van der Waals surface area contributed by atoms with Gasteiger partial charge in [-0.1, -0.05) is 12.1 Å². The molecule has 1 rings (SSSR count). The number of nitrogens with two attached hydrogens (primary N) is 1. The summed E-state index contributed by atoms with van der Waals surface area (Å²) < 4.78 is 51.1. The van der Waals surface area contributed by atoms with Crippen LogP contribution in [0.4, 0.5) is 17.6 Å². The van der Waals surface area contributed by atoms with Crippen LogP contribution < -0.4 is 5.73 Å². The predicted octanol–water partition coefficient (Wildman–Crippen LogP) is 3.49. The van der Waals surface area contributed by atoms with Crippen LogP contribution in [-0.4, -0.2) is 29.7 Å². The summed E-state index contributed by atoms with van der Waals surface area (Å²) >= 11 is 0. The number of benzene rings is 1. The molecule has 1 aromatic rings. The molecule has 114 valence electrons. The zero-order valence-electron chi connectivity index (χ0n) is 11.8. The van der Waals surface area contributed by atoms with E-state index in [0.717, 1.165) is 0 Å². The summed E-state index contributed by atoms with van der Waals surface area (Å²) in [5.41, 5.74) is 6.44. The topological polar surface area (TPSA) is 29.3 Å². The lowest BCUT2D eigenvalue weighted by atomic mass is 9.97. The number of alkyl halides is 3. The predicted molar refractivity (Wildman–Crippen MR) is 70.7 cm³/mol. The molecule has 0 saturated heterocycles. The summed E-state index contributed by atoms with van der Waals surface area (Å²) in [5, 5.41) is 0. The lowest BCUT2D eigenvalue weighted by Gasteiger charge is -2.38. The Balaban J connectivity index is 3.11. The molecule has 2 atom stereocenters. The van der Waals surface area contributed by atoms with E-state index in [-0.39, 0.29) is 6.04 Å². The molecule has 0 bridgehead atoms. The van der Waals surface area contributed by atoms with Gasteiger partial charge in [0.2, 0.25) is 0 Å². The second kappa shape index (κ2) is 6.54. The smallest absolute Gasteiger partial charge is 0.326 e. The maximum Gasteiger partial charge on any atom is 0.401 e. The third-order valence-corrected chi connectivity index (χ3v) is 3.09. The molecule has 0 heterocycles. The van der Waals surface area contributed by atoms with Gasteiger partial charge < -0.3 is 5.73 Å². The maximum atomic E-state index is 13.0. The molecule has 6 heteroatoms. The molecule has 0 radical (unpaired) electrons. The zero-order chi connectivity index (χ0) is 15.5. The first-order valence-electron chi connectivity index (χ1n) is 6.45. The van der Waals surface area contributed by atoms with Crippen molar-refractivity contribution in [3.63, 3.8) is 0 Å². The summed E-state index contributed by atoms with van der Waals surface area (Å²) in [7, 11) is 0. The van der Waals surface area contributed by atoms with E-state index >= 15 is 0 Å². The van der Waals surface area contributed by atoms with Crippen LogP contribution in [-0.2, 0) is 0 Å². The Hall–Kier alpha value is -1.14. The van der Waals surface area contributed by atoms with Crippen molar-refractivity contribution in [3.05, 3.63) is 35.6 Å². The van der Waals surface area contributed by atoms with Gasteiger partial charge in [-0.2, -0.15) is 13.2 Å². The minimum atomic E-state index is -4.31. The Bertz CT molecular complexity index is 412. The van der Waals surface area contributed by atoms with Crippen molar-refractivity contribution in [2.45, 2.75) is 45.1 Å². The van der Waals surface area contributed by atoms with Gasteiger partial charge in [-0.15, -0.1) is 0 Å². The third-order valence-electron chi connectivity index (χ3n) is 3.09. The van der Waals surface area contributed by atoms with Gasteiger partial charge in [-0.25, -0.2) is 4.39 Å². The molecule has 0 aliphatic heterocycles. The Morgan fingerprint density at radius 3 is 1.95 bits per heavy atom. The molecule has 0 aliphatic carbocycles. The van der Waals surface area contributed by atoms with E-state index in [1.807, 2.05) is 0 Å². The number of nitrogens with zero attached hydrogens (tertiary/aromatic N) is 1. The van der Waals surface area contributed by atoms with Crippen molar-refractivity contribution in [1.29, 1.82) is 0 Å². The molecule has 20 heavy (non-hydrogen) atoms. The van der Waals surface area contributed by atoms with Gasteiger partial charge in [0.05, 0.1) is 12.6 Å². The number of halogens is 4. The van der Waals surface area contributed by atoms with Crippen LogP contribution in [0.2, 0.25) is 0 Å². The van der Waals surface area contributed by atoms with Crippen LogP contribution in [0.25, 0.3) is 0 Å². The summed E-state index contributed by atoms with van der Waals surface area (Å²) in [4.78, 5) is 1.29. The highest BCUT2D eigenvalue weighted by Gasteiger charge is 2.36. The maximum absolute atomic E-state index is 13.0. The van der Waals surface area contributed by atoms with E-state index in [2.05, 4.69) is 0 Å². The molecule has 0 spiro atoms. The minimum Gasteiger partial charge on any atom is -0.326 e. The average molecular weight is 292 g/mol. The molecule has 1 aromatic carbocycles. The van der Waals surface area contributed by atoms with Gasteiger partial charge in [0.1, 0.15) is 5.82 Å². The van der Waals surface area contributed by atoms with Crippen molar-refractivity contribution >= 4 is 0 Å². The van der Waals surface area contributed by atoms with Gasteiger partial charge >= 0.3 is 6.18 Å². The van der Waals surface area contributed by atoms with Gasteiger partial charge in [-0.05, 0) is 38.5 Å². The first kappa shape index (κ1) is 16.9. The summed E-state index contributed by atoms with van der Waals surface area (Å²) in [6, 6.07) is 3.97. The number of hydrogen-bond donors (Lipinski definition) is 1. The Morgan fingerprint density at radius 2 is 1.60 bits per heavy atom. The van der Waals surface area contributed by atoms with E-state index < -0.39 is 30.6 Å². The molecule has 2 nitrogen and oxygen atoms in total. The van der Waals surface area contributed by atoms with E-state index in [1.165, 1.54) is 29.2 Å². The number of hydrogen-bond acceptors (Lipinski definition) is 2. The van der Waals surface area contributed by atoms with E-state index in [4.69, 9.17) is 5.73 Å². The Morgan fingerprint density at radius 1 is 1.10 bits per heavy atom. The van der Waals surface area contributed by atoms with Crippen molar-refractivity contribution in [1.82, 2.24) is 4.90 Å². The standard InChI is InChI=1S/C14H20F4N2/c1-9(2)20(8-14(16,17)18)13(10(3)19)11-4-6-12(15)7-5-11/h4-7,9-10,13H,8,19H2,1-3H3. The van der Waals surface area contributed by atoms with Crippen molar-refractivity contribution in [3.8, 4) is 0 Å². The van der Waals surface area contributed by atoms with Crippen molar-refractivity contribution < 1.29 is 17.6 Å². The van der Waals surface area contributed by atoms with Gasteiger partial charge in [-0.3, -0.25) is 4.90 Å². The minimum absolute atomic E-state index is 0.335. The van der Waals surface area contributed by atoms with Crippen LogP contribution in [0.5, 0.6) is 0 Å². The van der Waals surface area contributed by atoms with Gasteiger partial charge in [0, 0.05) is 12.1 Å². The van der Waals surface area contributed by atoms with Gasteiger partial charge in [0.15, 0.2) is 0 Å². The normalized spacial score (nSPS) is 15.7. The van der Waals surface area contributed by atoms with Crippen LogP contribution in [0, 0.1) is 5.82 Å². The Kier molecular flexibility index (Phi) is 5.53. The van der Waals surface area contributed by atoms with Crippen LogP contribution >= 0.6 is 0 Å². The van der Waals surface area contributed by atoms with Gasteiger partial charge in [0.25, 0.3) is 0 Å². The summed E-state index contributed by atoms with van der Waals surface area (Å²) in [6.45, 7) is 3.98. The van der Waals surface area contributed by atoms with Crippen LogP contribution in [0.15, 0.2) is 24.3 Å². The second-order valence-corrected chi connectivity index (χ2v) is 5.24. The van der Waals surface area contributed by atoms with E-state index in [9.17, 15) is 17.6 Å². The molecule has 2 N–H and O–H groups in total. The molecule has 2 unspecified atom stereocenters. The molecular weight excluding hydrogens is 272 g/mol. The molecule has 0 aliphatic rings. The van der Waals surface area contributed by atoms with Crippen molar-refractivity contribution in [2.75, 3.05) is 6.54 Å². The molecule has 0 saturated carbocycles.